The first-order valence-electron chi connectivity index (χ1n) is 10.3. The molecule has 2 aromatic rings. The summed E-state index contributed by atoms with van der Waals surface area (Å²) in [6, 6.07) is 16.3. The fourth-order valence-corrected chi connectivity index (χ4v) is 3.79. The third-order valence-electron chi connectivity index (χ3n) is 5.31. The number of carbonyl (C=O) groups excluding carboxylic acids is 1. The van der Waals surface area contributed by atoms with Crippen LogP contribution in [0.25, 0.3) is 0 Å². The van der Waals surface area contributed by atoms with Crippen molar-refractivity contribution in [1.29, 1.82) is 0 Å². The van der Waals surface area contributed by atoms with Gasteiger partial charge in [-0.05, 0) is 81.3 Å². The van der Waals surface area contributed by atoms with Gasteiger partial charge in [-0.15, -0.1) is 0 Å². The van der Waals surface area contributed by atoms with Crippen molar-refractivity contribution in [2.45, 2.75) is 64.2 Å². The average Bonchev–Trinajstić information content (AvgIpc) is 3.17. The average molecular weight is 398 g/mol. The van der Waals surface area contributed by atoms with Gasteiger partial charge in [-0.1, -0.05) is 24.3 Å². The molecule has 0 aliphatic heterocycles. The van der Waals surface area contributed by atoms with Gasteiger partial charge in [0.15, 0.2) is 0 Å². The number of hydrogen-bond donors (Lipinski definition) is 1. The van der Waals surface area contributed by atoms with Crippen molar-refractivity contribution in [3.05, 3.63) is 59.7 Å². The van der Waals surface area contributed by atoms with E-state index in [0.717, 1.165) is 36.3 Å². The smallest absolute Gasteiger partial charge is 0.407 e. The van der Waals surface area contributed by atoms with Gasteiger partial charge in [-0.3, -0.25) is 0 Å². The predicted molar refractivity (Wildman–Crippen MR) is 114 cm³/mol. The van der Waals surface area contributed by atoms with Gasteiger partial charge in [0.25, 0.3) is 0 Å². The van der Waals surface area contributed by atoms with Gasteiger partial charge in [-0.25, -0.2) is 4.79 Å². The van der Waals surface area contributed by atoms with Crippen LogP contribution in [0.4, 0.5) is 4.79 Å². The molecule has 2 aromatic carbocycles. The van der Waals surface area contributed by atoms with Crippen molar-refractivity contribution in [2.75, 3.05) is 7.11 Å². The molecule has 0 aromatic heterocycles. The molecule has 0 spiro atoms. The normalized spacial score (nSPS) is 19.6. The number of benzene rings is 2. The molecule has 5 heteroatoms. The minimum Gasteiger partial charge on any atom is -0.491 e. The molecule has 0 radical (unpaired) electrons. The Labute approximate surface area is 173 Å². The summed E-state index contributed by atoms with van der Waals surface area (Å²) in [5.74, 6) is 2.31. The number of carbonyl (C=O) groups is 1. The highest BCUT2D eigenvalue weighted by molar-refractivity contribution is 5.67. The van der Waals surface area contributed by atoms with Crippen LogP contribution in [0.1, 0.15) is 63.1 Å². The first-order chi connectivity index (χ1) is 13.9. The lowest BCUT2D eigenvalue weighted by atomic mass is 9.97. The van der Waals surface area contributed by atoms with Gasteiger partial charge in [0, 0.05) is 0 Å². The maximum atomic E-state index is 11.3. The maximum Gasteiger partial charge on any atom is 0.407 e. The molecule has 29 heavy (non-hydrogen) atoms. The number of alkyl carbamates (subject to hydrolysis) is 1. The third-order valence-corrected chi connectivity index (χ3v) is 5.31. The Kier molecular flexibility index (Phi) is 7.02. The Morgan fingerprint density at radius 2 is 1.62 bits per heavy atom. The standard InChI is InChI=1S/C24H31NO4/c1-16(2)28-21-12-7-19(8-13-21)20-9-14-23(15-20)29-22-10-5-18(6-11-22)17(3)25-24(26)27-4/h5-8,10-13,16-17,20,23H,9,14-15H2,1-4H3,(H,25,26)/t17-,20?,23+/m0/s1. The molecule has 0 bridgehead atoms. The Morgan fingerprint density at radius 1 is 0.966 bits per heavy atom. The number of hydrogen-bond acceptors (Lipinski definition) is 4. The van der Waals surface area contributed by atoms with E-state index in [1.54, 1.807) is 0 Å². The lowest BCUT2D eigenvalue weighted by Crippen LogP contribution is -2.26. The lowest BCUT2D eigenvalue weighted by Gasteiger charge is -2.17. The molecule has 1 fully saturated rings. The fraction of sp³-hybridized carbons (Fsp3) is 0.458. The van der Waals surface area contributed by atoms with Crippen LogP contribution in [-0.4, -0.2) is 25.4 Å². The largest absolute Gasteiger partial charge is 0.491 e. The van der Waals surface area contributed by atoms with E-state index in [0.29, 0.717) is 5.92 Å². The minimum absolute atomic E-state index is 0.116. The fourth-order valence-electron chi connectivity index (χ4n) is 3.79. The summed E-state index contributed by atoms with van der Waals surface area (Å²) in [5.41, 5.74) is 2.36. The molecular formula is C24H31NO4. The molecule has 3 rings (SSSR count). The molecule has 0 heterocycles. The second kappa shape index (κ2) is 9.68. The zero-order valence-electron chi connectivity index (χ0n) is 17.7. The van der Waals surface area contributed by atoms with Crippen molar-refractivity contribution in [3.8, 4) is 11.5 Å². The molecule has 1 N–H and O–H groups in total. The zero-order valence-corrected chi connectivity index (χ0v) is 17.7. The quantitative estimate of drug-likeness (QED) is 0.660. The molecule has 1 unspecified atom stereocenters. The van der Waals surface area contributed by atoms with E-state index in [2.05, 4.69) is 34.3 Å². The van der Waals surface area contributed by atoms with E-state index in [1.807, 2.05) is 45.0 Å². The summed E-state index contributed by atoms with van der Waals surface area (Å²) < 4.78 is 16.6. The monoisotopic (exact) mass is 397 g/mol. The topological polar surface area (TPSA) is 56.8 Å². The van der Waals surface area contributed by atoms with Gasteiger partial charge < -0.3 is 19.5 Å². The predicted octanol–water partition coefficient (Wildman–Crippen LogP) is 5.61. The number of ether oxygens (including phenoxy) is 3. The van der Waals surface area contributed by atoms with Crippen molar-refractivity contribution in [2.24, 2.45) is 0 Å². The molecule has 1 saturated carbocycles. The van der Waals surface area contributed by atoms with Crippen LogP contribution in [0.3, 0.4) is 0 Å². The Morgan fingerprint density at radius 3 is 2.24 bits per heavy atom. The van der Waals surface area contributed by atoms with Gasteiger partial charge in [-0.2, -0.15) is 0 Å². The summed E-state index contributed by atoms with van der Waals surface area (Å²) in [4.78, 5) is 11.3. The second-order valence-corrected chi connectivity index (χ2v) is 7.91. The Balaban J connectivity index is 1.52. The highest BCUT2D eigenvalue weighted by Crippen LogP contribution is 2.37. The molecular weight excluding hydrogens is 366 g/mol. The van der Waals surface area contributed by atoms with Crippen LogP contribution in [0.5, 0.6) is 11.5 Å². The molecule has 1 aliphatic carbocycles. The summed E-state index contributed by atoms with van der Waals surface area (Å²) in [7, 11) is 1.36. The number of nitrogens with one attached hydrogen (secondary N) is 1. The summed E-state index contributed by atoms with van der Waals surface area (Å²) in [6.07, 6.45) is 3.19. The van der Waals surface area contributed by atoms with Crippen molar-refractivity contribution in [3.63, 3.8) is 0 Å². The van der Waals surface area contributed by atoms with Crippen LogP contribution in [-0.2, 0) is 4.74 Å². The lowest BCUT2D eigenvalue weighted by molar-refractivity contribution is 0.167. The van der Waals surface area contributed by atoms with Gasteiger partial charge in [0.05, 0.1) is 25.4 Å². The highest BCUT2D eigenvalue weighted by Gasteiger charge is 2.27. The van der Waals surface area contributed by atoms with Crippen LogP contribution < -0.4 is 14.8 Å². The van der Waals surface area contributed by atoms with Crippen molar-refractivity contribution in [1.82, 2.24) is 5.32 Å². The number of amides is 1. The maximum absolute atomic E-state index is 11.3. The van der Waals surface area contributed by atoms with Crippen LogP contribution in [0.15, 0.2) is 48.5 Å². The Hall–Kier alpha value is -2.69. The molecule has 1 aliphatic rings. The summed E-state index contributed by atoms with van der Waals surface area (Å²) >= 11 is 0. The third kappa shape index (κ3) is 5.89. The zero-order chi connectivity index (χ0) is 20.8. The van der Waals surface area contributed by atoms with Gasteiger partial charge in [0.1, 0.15) is 11.5 Å². The van der Waals surface area contributed by atoms with E-state index in [4.69, 9.17) is 9.47 Å². The summed E-state index contributed by atoms with van der Waals surface area (Å²) in [6.45, 7) is 6.00. The first kappa shape index (κ1) is 21.0. The second-order valence-electron chi connectivity index (χ2n) is 7.91. The number of rotatable bonds is 7. The van der Waals surface area contributed by atoms with Crippen molar-refractivity contribution < 1.29 is 19.0 Å². The molecule has 0 saturated heterocycles. The van der Waals surface area contributed by atoms with Crippen LogP contribution >= 0.6 is 0 Å². The van der Waals surface area contributed by atoms with E-state index in [1.165, 1.54) is 12.7 Å². The Bertz CT molecular complexity index is 786. The molecule has 3 atom stereocenters. The molecule has 156 valence electrons. The van der Waals surface area contributed by atoms with E-state index in [9.17, 15) is 4.79 Å². The van der Waals surface area contributed by atoms with Crippen molar-refractivity contribution >= 4 is 6.09 Å². The van der Waals surface area contributed by atoms with E-state index >= 15 is 0 Å². The van der Waals surface area contributed by atoms with Gasteiger partial charge >= 0.3 is 6.09 Å². The van der Waals surface area contributed by atoms with Crippen LogP contribution in [0.2, 0.25) is 0 Å². The molecule has 5 nitrogen and oxygen atoms in total. The van der Waals surface area contributed by atoms with E-state index < -0.39 is 6.09 Å². The van der Waals surface area contributed by atoms with Gasteiger partial charge in [0.2, 0.25) is 0 Å². The highest BCUT2D eigenvalue weighted by atomic mass is 16.5. The number of methoxy groups -OCH3 is 1. The van der Waals surface area contributed by atoms with Crippen LogP contribution in [0, 0.1) is 0 Å². The summed E-state index contributed by atoms with van der Waals surface area (Å²) in [5, 5.41) is 2.77. The minimum atomic E-state index is -0.432. The van der Waals surface area contributed by atoms with E-state index in [-0.39, 0.29) is 18.2 Å². The first-order valence-corrected chi connectivity index (χ1v) is 10.3. The SMILES string of the molecule is COC(=O)N[C@@H](C)c1ccc(O[C@@H]2CCC(c3ccc(OC(C)C)cc3)C2)cc1. The molecule has 1 amide bonds.